The van der Waals surface area contributed by atoms with Crippen molar-refractivity contribution in [3.63, 3.8) is 0 Å². The van der Waals surface area contributed by atoms with Gasteiger partial charge in [-0.1, -0.05) is 39.0 Å². The zero-order chi connectivity index (χ0) is 13.4. The molecule has 19 heavy (non-hydrogen) atoms. The van der Waals surface area contributed by atoms with Crippen LogP contribution in [0.1, 0.15) is 45.6 Å². The van der Waals surface area contributed by atoms with E-state index in [0.29, 0.717) is 0 Å². The van der Waals surface area contributed by atoms with Crippen molar-refractivity contribution in [2.45, 2.75) is 51.0 Å². The number of para-hydroxylation sites is 1. The first-order valence-electron chi connectivity index (χ1n) is 6.53. The van der Waals surface area contributed by atoms with Crippen LogP contribution in [-0.4, -0.2) is 11.4 Å². The maximum absolute atomic E-state index is 12.2. The highest BCUT2D eigenvalue weighted by Crippen LogP contribution is 2.33. The molecule has 0 spiro atoms. The molecule has 1 amide bonds. The monoisotopic (exact) mass is 282 g/mol. The van der Waals surface area contributed by atoms with Gasteiger partial charge in [0, 0.05) is 5.69 Å². The molecule has 0 saturated heterocycles. The van der Waals surface area contributed by atoms with Gasteiger partial charge in [-0.2, -0.15) is 0 Å². The Bertz CT molecular complexity index is 461. The molecule has 4 heteroatoms. The third kappa shape index (κ3) is 3.28. The van der Waals surface area contributed by atoms with E-state index in [-0.39, 0.29) is 23.7 Å². The minimum atomic E-state index is -0.648. The van der Waals surface area contributed by atoms with Crippen LogP contribution in [0, 0.1) is 0 Å². The lowest BCUT2D eigenvalue weighted by molar-refractivity contribution is -0.123. The molecule has 0 bridgehead atoms. The predicted molar refractivity (Wildman–Crippen MR) is 81.8 cm³/mol. The third-order valence-electron chi connectivity index (χ3n) is 3.68. The molecule has 0 unspecified atom stereocenters. The Morgan fingerprint density at radius 2 is 1.84 bits per heavy atom. The Morgan fingerprint density at radius 1 is 1.26 bits per heavy atom. The van der Waals surface area contributed by atoms with Crippen LogP contribution in [0.5, 0.6) is 0 Å². The Balaban J connectivity index is 0.00000180. The first-order chi connectivity index (χ1) is 8.33. The first kappa shape index (κ1) is 16.0. The van der Waals surface area contributed by atoms with Crippen LogP contribution in [0.2, 0.25) is 0 Å². The fourth-order valence-electron chi connectivity index (χ4n) is 2.28. The molecule has 1 fully saturated rings. The number of rotatable bonds is 2. The van der Waals surface area contributed by atoms with Gasteiger partial charge in [0.1, 0.15) is 0 Å². The Labute approximate surface area is 121 Å². The average Bonchev–Trinajstić information content (AvgIpc) is 2.25. The highest BCUT2D eigenvalue weighted by molar-refractivity contribution is 5.99. The second kappa shape index (κ2) is 5.51. The van der Waals surface area contributed by atoms with Gasteiger partial charge in [0.05, 0.1) is 5.54 Å². The van der Waals surface area contributed by atoms with E-state index in [1.807, 2.05) is 18.2 Å². The molecule has 0 aromatic heterocycles. The third-order valence-corrected chi connectivity index (χ3v) is 3.68. The molecule has 1 aromatic rings. The number of benzene rings is 1. The Kier molecular flexibility index (Phi) is 4.64. The van der Waals surface area contributed by atoms with Crippen LogP contribution in [-0.2, 0) is 10.2 Å². The highest BCUT2D eigenvalue weighted by atomic mass is 35.5. The van der Waals surface area contributed by atoms with Crippen molar-refractivity contribution in [2.24, 2.45) is 5.73 Å². The summed E-state index contributed by atoms with van der Waals surface area (Å²) >= 11 is 0. The van der Waals surface area contributed by atoms with E-state index in [9.17, 15) is 4.79 Å². The molecule has 1 saturated carbocycles. The number of nitrogens with one attached hydrogen (secondary N) is 1. The van der Waals surface area contributed by atoms with Crippen molar-refractivity contribution >= 4 is 24.0 Å². The van der Waals surface area contributed by atoms with E-state index < -0.39 is 5.54 Å². The summed E-state index contributed by atoms with van der Waals surface area (Å²) < 4.78 is 0. The average molecular weight is 283 g/mol. The lowest BCUT2D eigenvalue weighted by atomic mass is 9.77. The van der Waals surface area contributed by atoms with Gasteiger partial charge in [-0.05, 0) is 36.3 Å². The number of amides is 1. The summed E-state index contributed by atoms with van der Waals surface area (Å²) in [7, 11) is 0. The van der Waals surface area contributed by atoms with Crippen LogP contribution in [0.15, 0.2) is 24.3 Å². The summed E-state index contributed by atoms with van der Waals surface area (Å²) in [5, 5.41) is 3.00. The zero-order valence-corrected chi connectivity index (χ0v) is 12.6. The summed E-state index contributed by atoms with van der Waals surface area (Å²) in [6.45, 7) is 6.42. The zero-order valence-electron chi connectivity index (χ0n) is 11.8. The molecule has 1 aromatic carbocycles. The van der Waals surface area contributed by atoms with E-state index in [0.717, 1.165) is 30.5 Å². The molecule has 3 N–H and O–H groups in total. The van der Waals surface area contributed by atoms with Crippen molar-refractivity contribution in [1.82, 2.24) is 0 Å². The van der Waals surface area contributed by atoms with Gasteiger partial charge in [0.2, 0.25) is 5.91 Å². The molecule has 0 radical (unpaired) electrons. The second-order valence-electron chi connectivity index (χ2n) is 6.26. The van der Waals surface area contributed by atoms with E-state index >= 15 is 0 Å². The summed E-state index contributed by atoms with van der Waals surface area (Å²) in [6.07, 6.45) is 2.62. The number of hydrogen-bond acceptors (Lipinski definition) is 2. The van der Waals surface area contributed by atoms with Crippen molar-refractivity contribution in [3.8, 4) is 0 Å². The number of anilines is 1. The molecule has 2 rings (SSSR count). The standard InChI is InChI=1S/C15H22N2O.ClH/c1-14(2,3)11-7-4-5-8-12(11)17-13(18)15(16)9-6-10-15;/h4-5,7-8H,6,9-10,16H2,1-3H3,(H,17,18);1H. The Hall–Kier alpha value is -1.06. The topological polar surface area (TPSA) is 55.1 Å². The normalized spacial score (nSPS) is 17.1. The number of halogens is 1. The quantitative estimate of drug-likeness (QED) is 0.875. The van der Waals surface area contributed by atoms with Crippen molar-refractivity contribution < 1.29 is 4.79 Å². The van der Waals surface area contributed by atoms with Crippen LogP contribution >= 0.6 is 12.4 Å². The Morgan fingerprint density at radius 3 is 2.32 bits per heavy atom. The van der Waals surface area contributed by atoms with Crippen LogP contribution in [0.4, 0.5) is 5.69 Å². The molecular weight excluding hydrogens is 260 g/mol. The molecular formula is C15H23ClN2O. The molecule has 3 nitrogen and oxygen atoms in total. The minimum absolute atomic E-state index is 0. The van der Waals surface area contributed by atoms with Gasteiger partial charge in [-0.25, -0.2) is 0 Å². The molecule has 0 atom stereocenters. The fraction of sp³-hybridized carbons (Fsp3) is 0.533. The fourth-order valence-corrected chi connectivity index (χ4v) is 2.28. The van der Waals surface area contributed by atoms with Gasteiger partial charge in [0.15, 0.2) is 0 Å². The van der Waals surface area contributed by atoms with E-state index in [1.54, 1.807) is 0 Å². The molecule has 1 aliphatic rings. The predicted octanol–water partition coefficient (Wildman–Crippen LogP) is 3.23. The number of nitrogens with two attached hydrogens (primary N) is 1. The minimum Gasteiger partial charge on any atom is -0.324 e. The smallest absolute Gasteiger partial charge is 0.244 e. The van der Waals surface area contributed by atoms with Crippen LogP contribution in [0.3, 0.4) is 0 Å². The SMILES string of the molecule is CC(C)(C)c1ccccc1NC(=O)C1(N)CCC1.Cl. The van der Waals surface area contributed by atoms with Gasteiger partial charge in [0.25, 0.3) is 0 Å². The van der Waals surface area contributed by atoms with Crippen LogP contribution < -0.4 is 11.1 Å². The molecule has 106 valence electrons. The first-order valence-corrected chi connectivity index (χ1v) is 6.53. The number of carbonyl (C=O) groups is 1. The lowest BCUT2D eigenvalue weighted by Crippen LogP contribution is -2.56. The van der Waals surface area contributed by atoms with Gasteiger partial charge in [-0.3, -0.25) is 4.79 Å². The van der Waals surface area contributed by atoms with Crippen molar-refractivity contribution in [1.29, 1.82) is 0 Å². The maximum atomic E-state index is 12.2. The van der Waals surface area contributed by atoms with Crippen molar-refractivity contribution in [2.75, 3.05) is 5.32 Å². The molecule has 0 aliphatic heterocycles. The van der Waals surface area contributed by atoms with Crippen molar-refractivity contribution in [3.05, 3.63) is 29.8 Å². The number of hydrogen-bond donors (Lipinski definition) is 2. The molecule has 0 heterocycles. The summed E-state index contributed by atoms with van der Waals surface area (Å²) in [5.41, 5.74) is 7.42. The molecule has 1 aliphatic carbocycles. The van der Waals surface area contributed by atoms with Gasteiger partial charge >= 0.3 is 0 Å². The second-order valence-corrected chi connectivity index (χ2v) is 6.26. The summed E-state index contributed by atoms with van der Waals surface area (Å²) in [5.74, 6) is -0.0505. The van der Waals surface area contributed by atoms with Gasteiger partial charge in [-0.15, -0.1) is 12.4 Å². The van der Waals surface area contributed by atoms with Crippen LogP contribution in [0.25, 0.3) is 0 Å². The maximum Gasteiger partial charge on any atom is 0.244 e. The highest BCUT2D eigenvalue weighted by Gasteiger charge is 2.40. The van der Waals surface area contributed by atoms with Gasteiger partial charge < -0.3 is 11.1 Å². The van der Waals surface area contributed by atoms with E-state index in [2.05, 4.69) is 32.2 Å². The lowest BCUT2D eigenvalue weighted by Gasteiger charge is -2.36. The summed E-state index contributed by atoms with van der Waals surface area (Å²) in [6, 6.07) is 7.94. The van der Waals surface area contributed by atoms with E-state index in [4.69, 9.17) is 5.73 Å². The largest absolute Gasteiger partial charge is 0.324 e. The summed E-state index contributed by atoms with van der Waals surface area (Å²) in [4.78, 5) is 12.2. The van der Waals surface area contributed by atoms with E-state index in [1.165, 1.54) is 0 Å². The number of carbonyl (C=O) groups excluding carboxylic acids is 1.